The quantitative estimate of drug-likeness (QED) is 0.515. The molecule has 1 aliphatic heterocycles. The fourth-order valence-electron chi connectivity index (χ4n) is 5.70. The van der Waals surface area contributed by atoms with Crippen LogP contribution in [0.25, 0.3) is 28.2 Å². The molecule has 4 aromatic rings. The summed E-state index contributed by atoms with van der Waals surface area (Å²) in [5.41, 5.74) is 10.2. The molecule has 168 valence electrons. The lowest BCUT2D eigenvalue weighted by Gasteiger charge is -2.36. The Balaban J connectivity index is 1.40. The molecule has 33 heavy (non-hydrogen) atoms. The van der Waals surface area contributed by atoms with Crippen molar-refractivity contribution in [2.24, 2.45) is 17.1 Å². The highest BCUT2D eigenvalue weighted by Crippen LogP contribution is 2.49. The van der Waals surface area contributed by atoms with Gasteiger partial charge in [-0.3, -0.25) is 4.79 Å². The molecule has 4 heterocycles. The van der Waals surface area contributed by atoms with Gasteiger partial charge in [0.05, 0.1) is 11.4 Å². The van der Waals surface area contributed by atoms with Crippen LogP contribution in [-0.4, -0.2) is 30.1 Å². The second-order valence-corrected chi connectivity index (χ2v) is 9.59. The summed E-state index contributed by atoms with van der Waals surface area (Å²) in [6.07, 6.45) is 9.12. The van der Waals surface area contributed by atoms with Gasteiger partial charge in [-0.25, -0.2) is 18.9 Å². The van der Waals surface area contributed by atoms with Crippen LogP contribution in [0.3, 0.4) is 0 Å². The van der Waals surface area contributed by atoms with Gasteiger partial charge in [0.25, 0.3) is 0 Å². The number of amides is 1. The summed E-state index contributed by atoms with van der Waals surface area (Å²) in [5.74, 6) is 0.995. The Bertz CT molecular complexity index is 1350. The molecule has 1 aromatic carbocycles. The van der Waals surface area contributed by atoms with Gasteiger partial charge in [0.1, 0.15) is 18.0 Å². The number of hydrogen-bond donors (Lipinski definition) is 1. The number of carbonyl (C=O) groups excluding carboxylic acids is 1. The third-order valence-electron chi connectivity index (χ3n) is 7.39. The predicted molar refractivity (Wildman–Crippen MR) is 122 cm³/mol. The molecule has 8 heteroatoms. The summed E-state index contributed by atoms with van der Waals surface area (Å²) >= 11 is 0. The number of carbonyl (C=O) groups is 1. The molecule has 1 amide bonds. The van der Waals surface area contributed by atoms with Crippen molar-refractivity contribution in [1.29, 1.82) is 0 Å². The highest BCUT2D eigenvalue weighted by Gasteiger charge is 2.43. The van der Waals surface area contributed by atoms with Crippen molar-refractivity contribution in [2.75, 3.05) is 0 Å². The van der Waals surface area contributed by atoms with Crippen molar-refractivity contribution in [3.63, 3.8) is 0 Å². The second-order valence-electron chi connectivity index (χ2n) is 9.59. The highest BCUT2D eigenvalue weighted by molar-refractivity contribution is 5.79. The molecule has 7 nitrogen and oxygen atoms in total. The van der Waals surface area contributed by atoms with Crippen LogP contribution in [0.15, 0.2) is 48.9 Å². The minimum absolute atomic E-state index is 0.171. The molecule has 6 rings (SSSR count). The van der Waals surface area contributed by atoms with Crippen molar-refractivity contribution in [3.8, 4) is 22.5 Å². The molecule has 0 atom stereocenters. The minimum atomic E-state index is -0.261. The number of primary amides is 1. The lowest BCUT2D eigenvalue weighted by atomic mass is 9.69. The largest absolute Gasteiger partial charge is 0.370 e. The van der Waals surface area contributed by atoms with Crippen LogP contribution in [0.4, 0.5) is 4.39 Å². The second kappa shape index (κ2) is 7.50. The van der Waals surface area contributed by atoms with Crippen LogP contribution in [-0.2, 0) is 17.8 Å². The van der Waals surface area contributed by atoms with Crippen LogP contribution >= 0.6 is 0 Å². The Kier molecular flexibility index (Phi) is 4.57. The maximum atomic E-state index is 13.6. The van der Waals surface area contributed by atoms with Crippen molar-refractivity contribution >= 4 is 11.6 Å². The number of imidazole rings is 1. The maximum absolute atomic E-state index is 13.6. The van der Waals surface area contributed by atoms with Gasteiger partial charge >= 0.3 is 0 Å². The van der Waals surface area contributed by atoms with Crippen LogP contribution in [0.5, 0.6) is 0 Å². The Morgan fingerprint density at radius 2 is 1.88 bits per heavy atom. The van der Waals surface area contributed by atoms with E-state index in [1.807, 2.05) is 12.3 Å². The lowest BCUT2D eigenvalue weighted by Crippen LogP contribution is -2.31. The molecule has 0 bridgehead atoms. The van der Waals surface area contributed by atoms with Crippen LogP contribution in [0.2, 0.25) is 0 Å². The average molecular weight is 445 g/mol. The third kappa shape index (κ3) is 3.50. The number of aromatic nitrogens is 5. The van der Waals surface area contributed by atoms with E-state index in [2.05, 4.69) is 20.7 Å². The van der Waals surface area contributed by atoms with E-state index in [1.54, 1.807) is 23.0 Å². The van der Waals surface area contributed by atoms with E-state index < -0.39 is 0 Å². The molecule has 0 radical (unpaired) electrons. The zero-order valence-electron chi connectivity index (χ0n) is 18.2. The van der Waals surface area contributed by atoms with E-state index in [9.17, 15) is 9.18 Å². The Morgan fingerprint density at radius 3 is 2.64 bits per heavy atom. The fourth-order valence-corrected chi connectivity index (χ4v) is 5.70. The number of halogens is 1. The first kappa shape index (κ1) is 20.1. The average Bonchev–Trinajstić information content (AvgIpc) is 3.48. The molecular formula is C25H25FN6O. The maximum Gasteiger partial charge on any atom is 0.217 e. The lowest BCUT2D eigenvalue weighted by molar-refractivity contribution is -0.119. The van der Waals surface area contributed by atoms with Gasteiger partial charge in [-0.1, -0.05) is 0 Å². The van der Waals surface area contributed by atoms with E-state index >= 15 is 0 Å². The van der Waals surface area contributed by atoms with Crippen molar-refractivity contribution in [3.05, 3.63) is 60.6 Å². The molecule has 1 saturated carbocycles. The number of pyridine rings is 1. The van der Waals surface area contributed by atoms with Crippen molar-refractivity contribution < 1.29 is 9.18 Å². The minimum Gasteiger partial charge on any atom is -0.370 e. The van der Waals surface area contributed by atoms with Crippen LogP contribution in [0, 0.1) is 17.2 Å². The standard InChI is InChI=1S/C25H25FN6O/c26-19-4-1-17(2-5-19)23-24(18-3-6-21-28-15-29-32(21)13-18)31-14-25(12-22(31)30-23)9-7-16(8-10-25)11-20(27)33/h1-6,13,15-16H,7-12,14H2,(H2,27,33). The zero-order chi connectivity index (χ0) is 22.6. The summed E-state index contributed by atoms with van der Waals surface area (Å²) in [7, 11) is 0. The first-order chi connectivity index (χ1) is 16.0. The van der Waals surface area contributed by atoms with Gasteiger partial charge < -0.3 is 10.3 Å². The van der Waals surface area contributed by atoms with Gasteiger partial charge in [0.2, 0.25) is 5.91 Å². The van der Waals surface area contributed by atoms with E-state index in [0.717, 1.165) is 72.6 Å². The van der Waals surface area contributed by atoms with E-state index in [-0.39, 0.29) is 17.1 Å². The molecule has 0 saturated heterocycles. The van der Waals surface area contributed by atoms with Crippen LogP contribution in [0.1, 0.15) is 37.9 Å². The van der Waals surface area contributed by atoms with Gasteiger partial charge in [-0.05, 0) is 73.4 Å². The summed E-state index contributed by atoms with van der Waals surface area (Å²) in [4.78, 5) is 20.7. The third-order valence-corrected chi connectivity index (χ3v) is 7.39. The molecule has 3 aromatic heterocycles. The van der Waals surface area contributed by atoms with Crippen molar-refractivity contribution in [1.82, 2.24) is 24.1 Å². The molecule has 1 aliphatic carbocycles. The summed E-state index contributed by atoms with van der Waals surface area (Å²) in [6.45, 7) is 0.893. The van der Waals surface area contributed by atoms with Gasteiger partial charge in [-0.15, -0.1) is 0 Å². The summed E-state index contributed by atoms with van der Waals surface area (Å²) in [5, 5.41) is 4.30. The topological polar surface area (TPSA) is 91.1 Å². The summed E-state index contributed by atoms with van der Waals surface area (Å²) in [6, 6.07) is 10.5. The van der Waals surface area contributed by atoms with E-state index in [1.165, 1.54) is 12.1 Å². The number of rotatable bonds is 4. The molecule has 1 fully saturated rings. The number of fused-ring (bicyclic) bond motifs is 2. The van der Waals surface area contributed by atoms with Gasteiger partial charge in [-0.2, -0.15) is 5.10 Å². The van der Waals surface area contributed by atoms with Crippen LogP contribution < -0.4 is 5.73 Å². The highest BCUT2D eigenvalue weighted by atomic mass is 19.1. The summed E-state index contributed by atoms with van der Waals surface area (Å²) < 4.78 is 17.7. The Morgan fingerprint density at radius 1 is 1.12 bits per heavy atom. The molecule has 2 aliphatic rings. The SMILES string of the molecule is NC(=O)CC1CCC2(CC1)Cc1nc(-c3ccc(F)cc3)c(-c3ccc4ncnn4c3)n1C2. The number of hydrogen-bond acceptors (Lipinski definition) is 4. The van der Waals surface area contributed by atoms with Crippen molar-refractivity contribution in [2.45, 2.75) is 45.1 Å². The first-order valence-electron chi connectivity index (χ1n) is 11.4. The number of nitrogens with two attached hydrogens (primary N) is 1. The predicted octanol–water partition coefficient (Wildman–Crippen LogP) is 4.01. The molecule has 2 N–H and O–H groups in total. The first-order valence-corrected chi connectivity index (χ1v) is 11.4. The van der Waals surface area contributed by atoms with Gasteiger partial charge in [0.15, 0.2) is 5.65 Å². The number of benzene rings is 1. The van der Waals surface area contributed by atoms with Gasteiger partial charge in [0, 0.05) is 36.7 Å². The molecule has 1 spiro atoms. The molecule has 0 unspecified atom stereocenters. The van der Waals surface area contributed by atoms with E-state index in [0.29, 0.717) is 12.3 Å². The smallest absolute Gasteiger partial charge is 0.217 e. The zero-order valence-corrected chi connectivity index (χ0v) is 18.2. The monoisotopic (exact) mass is 444 g/mol. The normalized spacial score (nSPS) is 22.2. The van der Waals surface area contributed by atoms with E-state index in [4.69, 9.17) is 10.7 Å². The molecular weight excluding hydrogens is 419 g/mol. The fraction of sp³-hybridized carbons (Fsp3) is 0.360. The Labute approximate surface area is 190 Å². The Hall–Kier alpha value is -3.55. The number of nitrogens with zero attached hydrogens (tertiary/aromatic N) is 5.